The highest BCUT2D eigenvalue weighted by atomic mass is 28.2. The van der Waals surface area contributed by atoms with Crippen molar-refractivity contribution >= 4 is 10.5 Å². The Morgan fingerprint density at radius 2 is 1.47 bits per heavy atom. The summed E-state index contributed by atoms with van der Waals surface area (Å²) in [6.45, 7) is 2.22. The van der Waals surface area contributed by atoms with Crippen molar-refractivity contribution in [3.63, 3.8) is 0 Å². The minimum atomic E-state index is 1.16. The van der Waals surface area contributed by atoms with Crippen LogP contribution < -0.4 is 0 Å². The average Bonchev–Trinajstić information content (AvgIpc) is 2.43. The van der Waals surface area contributed by atoms with E-state index in [1.807, 2.05) is 10.5 Å². The van der Waals surface area contributed by atoms with Crippen LogP contribution in [0, 0.1) is 0 Å². The van der Waals surface area contributed by atoms with Gasteiger partial charge in [-0.25, -0.2) is 0 Å². The van der Waals surface area contributed by atoms with E-state index in [1.165, 1.54) is 23.1 Å². The molecule has 2 aromatic rings. The van der Waals surface area contributed by atoms with E-state index in [2.05, 4.69) is 61.5 Å². The molecule has 0 bridgehead atoms. The SMILES string of the molecule is CCCc1ccccc1-c1ccccc1.O[Si]. The molecular weight excluding hydrogens is 224 g/mol. The van der Waals surface area contributed by atoms with E-state index >= 15 is 0 Å². The number of hydrogen-bond donors (Lipinski definition) is 1. The van der Waals surface area contributed by atoms with E-state index in [-0.39, 0.29) is 0 Å². The van der Waals surface area contributed by atoms with Crippen molar-refractivity contribution in [2.75, 3.05) is 0 Å². The molecule has 1 nitrogen and oxygen atoms in total. The van der Waals surface area contributed by atoms with Crippen LogP contribution >= 0.6 is 0 Å². The zero-order valence-electron chi connectivity index (χ0n) is 10.1. The largest absolute Gasteiger partial charge is 0.433 e. The van der Waals surface area contributed by atoms with Gasteiger partial charge in [0.25, 0.3) is 0 Å². The molecule has 0 aromatic heterocycles. The van der Waals surface area contributed by atoms with Crippen LogP contribution in [0.25, 0.3) is 11.1 Å². The maximum Gasteiger partial charge on any atom is 0.240 e. The standard InChI is InChI=1S/C15H16.HOSi/c1-2-8-13-11-6-7-12-15(13)14-9-4-3-5-10-14;1-2/h3-7,9-12H,2,8H2,1H3;1H. The van der Waals surface area contributed by atoms with Crippen molar-refractivity contribution in [2.45, 2.75) is 19.8 Å². The number of benzene rings is 2. The number of rotatable bonds is 3. The van der Waals surface area contributed by atoms with E-state index in [9.17, 15) is 0 Å². The highest BCUT2D eigenvalue weighted by Gasteiger charge is 2.01. The Morgan fingerprint density at radius 3 is 2.12 bits per heavy atom. The summed E-state index contributed by atoms with van der Waals surface area (Å²) in [6.07, 6.45) is 2.36. The summed E-state index contributed by atoms with van der Waals surface area (Å²) < 4.78 is 0. The molecule has 0 aliphatic rings. The molecule has 0 heterocycles. The molecule has 0 atom stereocenters. The molecule has 3 radical (unpaired) electrons. The quantitative estimate of drug-likeness (QED) is 0.817. The molecule has 0 saturated heterocycles. The van der Waals surface area contributed by atoms with Gasteiger partial charge in [0, 0.05) is 0 Å². The molecule has 0 aliphatic heterocycles. The van der Waals surface area contributed by atoms with Gasteiger partial charge >= 0.3 is 0 Å². The van der Waals surface area contributed by atoms with Gasteiger partial charge in [-0.1, -0.05) is 67.9 Å². The summed E-state index contributed by atoms with van der Waals surface area (Å²) >= 11 is 0. The molecule has 2 aromatic carbocycles. The lowest BCUT2D eigenvalue weighted by Gasteiger charge is -2.08. The van der Waals surface area contributed by atoms with Gasteiger partial charge in [0.15, 0.2) is 0 Å². The molecule has 0 aliphatic carbocycles. The number of aryl methyl sites for hydroxylation is 1. The van der Waals surface area contributed by atoms with Crippen molar-refractivity contribution in [1.82, 2.24) is 0 Å². The Labute approximate surface area is 107 Å². The van der Waals surface area contributed by atoms with Crippen molar-refractivity contribution in [1.29, 1.82) is 0 Å². The molecule has 1 N–H and O–H groups in total. The second-order valence-electron chi connectivity index (χ2n) is 3.77. The zero-order valence-corrected chi connectivity index (χ0v) is 11.1. The van der Waals surface area contributed by atoms with E-state index in [4.69, 9.17) is 4.80 Å². The van der Waals surface area contributed by atoms with E-state index in [0.717, 1.165) is 6.42 Å². The molecule has 0 amide bonds. The lowest BCUT2D eigenvalue weighted by atomic mass is 9.97. The normalized spacial score (nSPS) is 9.35. The summed E-state index contributed by atoms with van der Waals surface area (Å²) in [6, 6.07) is 19.3. The fourth-order valence-corrected chi connectivity index (χ4v) is 1.91. The second kappa shape index (κ2) is 7.82. The topological polar surface area (TPSA) is 20.2 Å². The van der Waals surface area contributed by atoms with Crippen molar-refractivity contribution < 1.29 is 4.80 Å². The minimum Gasteiger partial charge on any atom is -0.433 e. The van der Waals surface area contributed by atoms with Gasteiger partial charge in [-0.15, -0.1) is 0 Å². The fourth-order valence-electron chi connectivity index (χ4n) is 1.91. The first kappa shape index (κ1) is 13.7. The first-order chi connectivity index (χ1) is 8.42. The third-order valence-electron chi connectivity index (χ3n) is 2.62. The monoisotopic (exact) mass is 241 g/mol. The van der Waals surface area contributed by atoms with Crippen LogP contribution in [0.15, 0.2) is 54.6 Å². The third-order valence-corrected chi connectivity index (χ3v) is 2.62. The minimum absolute atomic E-state index is 1.16. The van der Waals surface area contributed by atoms with Gasteiger partial charge in [0.05, 0.1) is 0 Å². The maximum atomic E-state index is 6.81. The molecular formula is C15H17OSi. The van der Waals surface area contributed by atoms with Crippen LogP contribution in [0.1, 0.15) is 18.9 Å². The number of hydrogen-bond acceptors (Lipinski definition) is 1. The van der Waals surface area contributed by atoms with Crippen molar-refractivity contribution in [2.24, 2.45) is 0 Å². The predicted molar refractivity (Wildman–Crippen MR) is 73.8 cm³/mol. The van der Waals surface area contributed by atoms with Crippen LogP contribution in [-0.4, -0.2) is 15.3 Å². The van der Waals surface area contributed by atoms with Gasteiger partial charge in [-0.05, 0) is 23.1 Å². The Balaban J connectivity index is 0.000000686. The summed E-state index contributed by atoms with van der Waals surface area (Å²) in [7, 11) is 1.97. The molecule has 0 saturated carbocycles. The molecule has 0 spiro atoms. The first-order valence-electron chi connectivity index (χ1n) is 5.77. The second-order valence-corrected chi connectivity index (χ2v) is 3.77. The Bertz CT molecular complexity index is 426. The van der Waals surface area contributed by atoms with Gasteiger partial charge in [-0.3, -0.25) is 0 Å². The van der Waals surface area contributed by atoms with Gasteiger partial charge in [0.1, 0.15) is 0 Å². The van der Waals surface area contributed by atoms with Crippen LogP contribution in [0.5, 0.6) is 0 Å². The molecule has 2 rings (SSSR count). The lowest BCUT2D eigenvalue weighted by molar-refractivity contribution is 0.629. The zero-order chi connectivity index (χ0) is 12.5. The Morgan fingerprint density at radius 1 is 0.882 bits per heavy atom. The van der Waals surface area contributed by atoms with Gasteiger partial charge < -0.3 is 4.80 Å². The molecule has 0 unspecified atom stereocenters. The molecule has 87 valence electrons. The first-order valence-corrected chi connectivity index (χ1v) is 6.22. The summed E-state index contributed by atoms with van der Waals surface area (Å²) in [5, 5.41) is 0. The third kappa shape index (κ3) is 3.84. The van der Waals surface area contributed by atoms with E-state index in [0.29, 0.717) is 0 Å². The smallest absolute Gasteiger partial charge is 0.240 e. The highest BCUT2D eigenvalue weighted by Crippen LogP contribution is 2.24. The summed E-state index contributed by atoms with van der Waals surface area (Å²) in [4.78, 5) is 6.81. The van der Waals surface area contributed by atoms with E-state index < -0.39 is 0 Å². The molecule has 17 heavy (non-hydrogen) atoms. The van der Waals surface area contributed by atoms with Crippen LogP contribution in [0.2, 0.25) is 0 Å². The maximum absolute atomic E-state index is 6.81. The Kier molecular flexibility index (Phi) is 6.29. The van der Waals surface area contributed by atoms with E-state index in [1.54, 1.807) is 0 Å². The summed E-state index contributed by atoms with van der Waals surface area (Å²) in [5.41, 5.74) is 4.15. The average molecular weight is 241 g/mol. The fraction of sp³-hybridized carbons (Fsp3) is 0.200. The summed E-state index contributed by atoms with van der Waals surface area (Å²) in [5.74, 6) is 0. The van der Waals surface area contributed by atoms with Crippen LogP contribution in [0.3, 0.4) is 0 Å². The van der Waals surface area contributed by atoms with Gasteiger partial charge in [0.2, 0.25) is 10.5 Å². The molecule has 0 fully saturated rings. The van der Waals surface area contributed by atoms with Crippen LogP contribution in [0.4, 0.5) is 0 Å². The van der Waals surface area contributed by atoms with Crippen LogP contribution in [-0.2, 0) is 6.42 Å². The highest BCUT2D eigenvalue weighted by molar-refractivity contribution is 5.95. The lowest BCUT2D eigenvalue weighted by Crippen LogP contribution is -1.88. The Hall–Kier alpha value is -1.38. The predicted octanol–water partition coefficient (Wildman–Crippen LogP) is 3.37. The van der Waals surface area contributed by atoms with Crippen molar-refractivity contribution in [3.05, 3.63) is 60.2 Å². The van der Waals surface area contributed by atoms with Crippen molar-refractivity contribution in [3.8, 4) is 11.1 Å². The molecule has 2 heteroatoms. The van der Waals surface area contributed by atoms with Gasteiger partial charge in [-0.2, -0.15) is 0 Å².